The number of morpholine rings is 1. The third kappa shape index (κ3) is 5.51. The van der Waals surface area contributed by atoms with E-state index in [0.29, 0.717) is 26.3 Å². The van der Waals surface area contributed by atoms with Gasteiger partial charge < -0.3 is 25.9 Å². The Kier molecular flexibility index (Phi) is 6.91. The van der Waals surface area contributed by atoms with Crippen LogP contribution in [0, 0.1) is 5.41 Å². The molecule has 0 saturated carbocycles. The molecule has 7 heteroatoms. The summed E-state index contributed by atoms with van der Waals surface area (Å²) in [6.45, 7) is 9.04. The number of nitrogens with one attached hydrogen (secondary N) is 1. The van der Waals surface area contributed by atoms with Crippen molar-refractivity contribution in [1.29, 1.82) is 0 Å². The third-order valence-electron chi connectivity index (χ3n) is 3.92. The second kappa shape index (κ2) is 8.19. The van der Waals surface area contributed by atoms with E-state index in [1.54, 1.807) is 0 Å². The van der Waals surface area contributed by atoms with Crippen molar-refractivity contribution in [1.82, 2.24) is 10.2 Å². The molecule has 1 fully saturated rings. The zero-order valence-corrected chi connectivity index (χ0v) is 13.3. The topological polar surface area (TPSA) is 100 Å². The Morgan fingerprint density at radius 1 is 1.48 bits per heavy atom. The number of amides is 1. The summed E-state index contributed by atoms with van der Waals surface area (Å²) >= 11 is 0. The molecule has 1 heterocycles. The van der Waals surface area contributed by atoms with Crippen LogP contribution in [0.25, 0.3) is 0 Å². The maximum absolute atomic E-state index is 12.2. The van der Waals surface area contributed by atoms with Crippen molar-refractivity contribution in [2.45, 2.75) is 39.7 Å². The molecule has 21 heavy (non-hydrogen) atoms. The molecule has 0 bridgehead atoms. The van der Waals surface area contributed by atoms with E-state index in [1.807, 2.05) is 25.7 Å². The molecule has 0 spiro atoms. The quantitative estimate of drug-likeness (QED) is 0.207. The fourth-order valence-electron chi connectivity index (χ4n) is 2.26. The summed E-state index contributed by atoms with van der Waals surface area (Å²) in [4.78, 5) is 14.0. The molecule has 1 atom stereocenters. The van der Waals surface area contributed by atoms with Crippen LogP contribution in [0.2, 0.25) is 0 Å². The monoisotopic (exact) mass is 300 g/mol. The maximum Gasteiger partial charge on any atom is 0.239 e. The second-order valence-electron chi connectivity index (χ2n) is 6.09. The zero-order valence-electron chi connectivity index (χ0n) is 13.3. The number of nitrogens with two attached hydrogens (primary N) is 1. The third-order valence-corrected chi connectivity index (χ3v) is 3.92. The van der Waals surface area contributed by atoms with E-state index in [1.165, 1.54) is 0 Å². The maximum atomic E-state index is 12.2. The average Bonchev–Trinajstić information content (AvgIpc) is 2.50. The van der Waals surface area contributed by atoms with Gasteiger partial charge in [0.05, 0.1) is 19.3 Å². The Labute approximate surface area is 126 Å². The van der Waals surface area contributed by atoms with Crippen LogP contribution in [0.4, 0.5) is 0 Å². The zero-order chi connectivity index (χ0) is 15.9. The van der Waals surface area contributed by atoms with Gasteiger partial charge in [0.1, 0.15) is 5.84 Å². The predicted molar refractivity (Wildman–Crippen MR) is 81.3 cm³/mol. The van der Waals surface area contributed by atoms with Gasteiger partial charge >= 0.3 is 0 Å². The van der Waals surface area contributed by atoms with Gasteiger partial charge in [-0.3, -0.25) is 4.79 Å². The van der Waals surface area contributed by atoms with E-state index in [4.69, 9.17) is 15.7 Å². The fourth-order valence-corrected chi connectivity index (χ4v) is 2.26. The molecule has 1 amide bonds. The van der Waals surface area contributed by atoms with Crippen LogP contribution >= 0.6 is 0 Å². The summed E-state index contributed by atoms with van der Waals surface area (Å²) in [7, 11) is 0. The predicted octanol–water partition coefficient (Wildman–Crippen LogP) is 0.376. The SMILES string of the molecule is CC(NCCCC(C)(C)C(N)=NO)C(=O)N1CCOCC1. The fraction of sp³-hybridized carbons (Fsp3) is 0.857. The van der Waals surface area contributed by atoms with E-state index >= 15 is 0 Å². The molecule has 1 unspecified atom stereocenters. The van der Waals surface area contributed by atoms with E-state index in [-0.39, 0.29) is 23.2 Å². The lowest BCUT2D eigenvalue weighted by Crippen LogP contribution is -2.49. The van der Waals surface area contributed by atoms with Gasteiger partial charge in [-0.05, 0) is 26.3 Å². The van der Waals surface area contributed by atoms with Gasteiger partial charge in [-0.25, -0.2) is 0 Å². The molecule has 0 aliphatic carbocycles. The van der Waals surface area contributed by atoms with Crippen molar-refractivity contribution in [3.63, 3.8) is 0 Å². The first-order valence-electron chi connectivity index (χ1n) is 7.46. The first-order chi connectivity index (χ1) is 9.88. The van der Waals surface area contributed by atoms with Gasteiger partial charge in [-0.1, -0.05) is 19.0 Å². The standard InChI is InChI=1S/C14H28N4O3/c1-11(12(19)18-7-9-21-10-8-18)16-6-4-5-14(2,3)13(15)17-20/h11,16,20H,4-10H2,1-3H3,(H2,15,17). The molecule has 0 radical (unpaired) electrons. The number of nitrogens with zero attached hydrogens (tertiary/aromatic N) is 2. The number of amidine groups is 1. The van der Waals surface area contributed by atoms with Crippen molar-refractivity contribution >= 4 is 11.7 Å². The molecule has 0 aromatic rings. The highest BCUT2D eigenvalue weighted by atomic mass is 16.5. The van der Waals surface area contributed by atoms with E-state index in [0.717, 1.165) is 19.4 Å². The van der Waals surface area contributed by atoms with Gasteiger partial charge in [0.15, 0.2) is 0 Å². The van der Waals surface area contributed by atoms with Crippen molar-refractivity contribution in [2.24, 2.45) is 16.3 Å². The average molecular weight is 300 g/mol. The summed E-state index contributed by atoms with van der Waals surface area (Å²) in [6, 6.07) is -0.199. The lowest BCUT2D eigenvalue weighted by atomic mass is 9.86. The number of ether oxygens (including phenoxy) is 1. The highest BCUT2D eigenvalue weighted by Gasteiger charge is 2.24. The van der Waals surface area contributed by atoms with E-state index in [2.05, 4.69) is 10.5 Å². The molecule has 1 saturated heterocycles. The number of oxime groups is 1. The van der Waals surface area contributed by atoms with Crippen molar-refractivity contribution in [3.8, 4) is 0 Å². The van der Waals surface area contributed by atoms with Gasteiger partial charge in [0, 0.05) is 18.5 Å². The normalized spacial score (nSPS) is 18.6. The van der Waals surface area contributed by atoms with E-state index < -0.39 is 0 Å². The van der Waals surface area contributed by atoms with Gasteiger partial charge in [0.25, 0.3) is 0 Å². The Hall–Kier alpha value is -1.34. The first-order valence-corrected chi connectivity index (χ1v) is 7.46. The number of rotatable bonds is 7. The highest BCUT2D eigenvalue weighted by molar-refractivity contribution is 5.85. The second-order valence-corrected chi connectivity index (χ2v) is 6.09. The van der Waals surface area contributed by atoms with Crippen LogP contribution in [0.3, 0.4) is 0 Å². The smallest absolute Gasteiger partial charge is 0.239 e. The summed E-state index contributed by atoms with van der Waals surface area (Å²) in [5, 5.41) is 15.0. The Bertz CT molecular complexity index is 365. The highest BCUT2D eigenvalue weighted by Crippen LogP contribution is 2.21. The largest absolute Gasteiger partial charge is 0.409 e. The lowest BCUT2D eigenvalue weighted by Gasteiger charge is -2.29. The molecule has 0 aromatic heterocycles. The molecule has 122 valence electrons. The molecular weight excluding hydrogens is 272 g/mol. The minimum atomic E-state index is -0.339. The van der Waals surface area contributed by atoms with Crippen molar-refractivity contribution in [2.75, 3.05) is 32.8 Å². The number of hydrogen-bond donors (Lipinski definition) is 3. The van der Waals surface area contributed by atoms with Gasteiger partial charge in [-0.2, -0.15) is 0 Å². The van der Waals surface area contributed by atoms with Crippen molar-refractivity contribution < 1.29 is 14.7 Å². The Balaban J connectivity index is 2.27. The van der Waals surface area contributed by atoms with Crippen molar-refractivity contribution in [3.05, 3.63) is 0 Å². The summed E-state index contributed by atoms with van der Waals surface area (Å²) in [6.07, 6.45) is 1.64. The molecule has 7 nitrogen and oxygen atoms in total. The van der Waals surface area contributed by atoms with Crippen LogP contribution in [-0.2, 0) is 9.53 Å². The van der Waals surface area contributed by atoms with Crippen LogP contribution in [-0.4, -0.2) is 60.7 Å². The molecular formula is C14H28N4O3. The number of carbonyl (C=O) groups excluding carboxylic acids is 1. The van der Waals surface area contributed by atoms with Gasteiger partial charge in [0.2, 0.25) is 5.91 Å². The van der Waals surface area contributed by atoms with Crippen LogP contribution in [0.15, 0.2) is 5.16 Å². The molecule has 0 aromatic carbocycles. The molecule has 1 rings (SSSR count). The Morgan fingerprint density at radius 2 is 2.10 bits per heavy atom. The molecule has 1 aliphatic heterocycles. The summed E-state index contributed by atoms with van der Waals surface area (Å²) < 4.78 is 5.24. The van der Waals surface area contributed by atoms with Crippen LogP contribution in [0.1, 0.15) is 33.6 Å². The van der Waals surface area contributed by atoms with Crippen LogP contribution < -0.4 is 11.1 Å². The van der Waals surface area contributed by atoms with E-state index in [9.17, 15) is 4.79 Å². The number of hydrogen-bond acceptors (Lipinski definition) is 5. The molecule has 4 N–H and O–H groups in total. The van der Waals surface area contributed by atoms with Crippen LogP contribution in [0.5, 0.6) is 0 Å². The summed E-state index contributed by atoms with van der Waals surface area (Å²) in [5.41, 5.74) is 5.31. The molecule has 1 aliphatic rings. The summed E-state index contributed by atoms with van der Waals surface area (Å²) in [5.74, 6) is 0.355. The number of carbonyl (C=O) groups is 1. The lowest BCUT2D eigenvalue weighted by molar-refractivity contribution is -0.137. The van der Waals surface area contributed by atoms with Gasteiger partial charge in [-0.15, -0.1) is 0 Å². The minimum Gasteiger partial charge on any atom is -0.409 e. The Morgan fingerprint density at radius 3 is 2.67 bits per heavy atom. The minimum absolute atomic E-state index is 0.119. The first kappa shape index (κ1) is 17.7.